The Bertz CT molecular complexity index is 576. The molecule has 3 aromatic carbocycles. The topological polar surface area (TPSA) is 27.7 Å². The van der Waals surface area contributed by atoms with E-state index in [4.69, 9.17) is 9.22 Å². The van der Waals surface area contributed by atoms with Crippen LogP contribution in [0.15, 0.2) is 91.0 Å². The third-order valence-electron chi connectivity index (χ3n) is 2.83. The third kappa shape index (κ3) is 4.43. The molecule has 0 aliphatic rings. The molecule has 0 heterocycles. The molecule has 0 radical (unpaired) electrons. The molecule has 0 aliphatic heterocycles. The minimum atomic E-state index is -3.06. The van der Waals surface area contributed by atoms with Crippen molar-refractivity contribution in [1.29, 1.82) is 0 Å². The molecule has 0 atom stereocenters. The van der Waals surface area contributed by atoms with Gasteiger partial charge >= 0.3 is 138 Å². The van der Waals surface area contributed by atoms with Gasteiger partial charge in [-0.15, -0.1) is 0 Å². The zero-order valence-electron chi connectivity index (χ0n) is 11.9. The second-order valence-corrected chi connectivity index (χ2v) is 7.67. The third-order valence-corrected chi connectivity index (χ3v) is 6.28. The van der Waals surface area contributed by atoms with Crippen molar-refractivity contribution in [3.8, 4) is 17.2 Å². The van der Waals surface area contributed by atoms with Gasteiger partial charge in [0.25, 0.3) is 0 Å². The molecule has 0 aromatic heterocycles. The van der Waals surface area contributed by atoms with E-state index in [9.17, 15) is 0 Å². The molecule has 0 N–H and O–H groups in total. The molecule has 0 spiro atoms. The van der Waals surface area contributed by atoms with Crippen molar-refractivity contribution in [2.24, 2.45) is 0 Å². The molecular formula is C18H15O3Sn+. The molecular weight excluding hydrogens is 383 g/mol. The maximum atomic E-state index is 5.97. The molecule has 3 rings (SSSR count). The van der Waals surface area contributed by atoms with Crippen molar-refractivity contribution in [3.05, 3.63) is 91.0 Å². The van der Waals surface area contributed by atoms with Crippen LogP contribution in [-0.2, 0) is 0 Å². The second-order valence-electron chi connectivity index (χ2n) is 4.50. The van der Waals surface area contributed by atoms with Crippen molar-refractivity contribution < 1.29 is 9.22 Å². The van der Waals surface area contributed by atoms with Gasteiger partial charge in [-0.2, -0.15) is 0 Å². The average Bonchev–Trinajstić information content (AvgIpc) is 2.57. The Morgan fingerprint density at radius 2 is 0.682 bits per heavy atom. The molecule has 108 valence electrons. The molecule has 0 saturated heterocycles. The van der Waals surface area contributed by atoms with E-state index < -0.39 is 21.0 Å². The van der Waals surface area contributed by atoms with Gasteiger partial charge in [0.05, 0.1) is 0 Å². The summed E-state index contributed by atoms with van der Waals surface area (Å²) in [6.45, 7) is 0. The molecule has 0 fully saturated rings. The van der Waals surface area contributed by atoms with Gasteiger partial charge in [-0.05, 0) is 0 Å². The van der Waals surface area contributed by atoms with Crippen molar-refractivity contribution in [1.82, 2.24) is 0 Å². The Labute approximate surface area is 138 Å². The zero-order chi connectivity index (χ0) is 15.0. The van der Waals surface area contributed by atoms with E-state index in [-0.39, 0.29) is 0 Å². The standard InChI is InChI=1S/3C6H6O.Sn/c3*7-6-4-2-1-3-5-6;/h3*1-5,7H;/q;;;+4/p-3. The van der Waals surface area contributed by atoms with Crippen LogP contribution in [-0.4, -0.2) is 21.0 Å². The Morgan fingerprint density at radius 1 is 0.409 bits per heavy atom. The van der Waals surface area contributed by atoms with Crippen LogP contribution in [0, 0.1) is 0 Å². The summed E-state index contributed by atoms with van der Waals surface area (Å²) in [5, 5.41) is 0. The average molecular weight is 398 g/mol. The SMILES string of the molecule is c1ccc([O][Sn+]([O]c2ccccc2)[O]c2ccccc2)cc1. The normalized spacial score (nSPS) is 9.82. The Morgan fingerprint density at radius 3 is 0.955 bits per heavy atom. The molecule has 3 nitrogen and oxygen atoms in total. The zero-order valence-corrected chi connectivity index (χ0v) is 14.7. The fraction of sp³-hybridized carbons (Fsp3) is 0. The first-order chi connectivity index (χ1) is 10.9. The summed E-state index contributed by atoms with van der Waals surface area (Å²) >= 11 is -3.06. The molecule has 0 saturated carbocycles. The van der Waals surface area contributed by atoms with Crippen LogP contribution in [0.25, 0.3) is 0 Å². The minimum absolute atomic E-state index is 0.767. The number of hydrogen-bond acceptors (Lipinski definition) is 3. The van der Waals surface area contributed by atoms with Crippen LogP contribution in [0.1, 0.15) is 0 Å². The van der Waals surface area contributed by atoms with E-state index in [0.29, 0.717) is 0 Å². The Kier molecular flexibility index (Phi) is 5.21. The number of benzene rings is 3. The summed E-state index contributed by atoms with van der Waals surface area (Å²) in [5.41, 5.74) is 0. The van der Waals surface area contributed by atoms with Crippen molar-refractivity contribution in [2.45, 2.75) is 0 Å². The molecule has 3 aromatic rings. The first kappa shape index (κ1) is 14.8. The van der Waals surface area contributed by atoms with Gasteiger partial charge in [0.15, 0.2) is 0 Å². The van der Waals surface area contributed by atoms with Gasteiger partial charge in [-0.3, -0.25) is 0 Å². The summed E-state index contributed by atoms with van der Waals surface area (Å²) in [4.78, 5) is 0. The second kappa shape index (κ2) is 7.75. The fourth-order valence-corrected chi connectivity index (χ4v) is 4.99. The molecule has 0 amide bonds. The summed E-state index contributed by atoms with van der Waals surface area (Å²) < 4.78 is 17.9. The van der Waals surface area contributed by atoms with Gasteiger partial charge in [-0.1, -0.05) is 0 Å². The summed E-state index contributed by atoms with van der Waals surface area (Å²) in [6, 6.07) is 28.9. The van der Waals surface area contributed by atoms with Gasteiger partial charge in [-0.25, -0.2) is 0 Å². The van der Waals surface area contributed by atoms with E-state index >= 15 is 0 Å². The Hall–Kier alpha value is -2.14. The molecule has 4 heteroatoms. The summed E-state index contributed by atoms with van der Waals surface area (Å²) in [7, 11) is 0. The van der Waals surface area contributed by atoms with Crippen molar-refractivity contribution in [2.75, 3.05) is 0 Å². The number of para-hydroxylation sites is 3. The molecule has 0 unspecified atom stereocenters. The van der Waals surface area contributed by atoms with E-state index in [2.05, 4.69) is 0 Å². The van der Waals surface area contributed by atoms with Crippen LogP contribution in [0.2, 0.25) is 0 Å². The van der Waals surface area contributed by atoms with Crippen LogP contribution < -0.4 is 9.22 Å². The van der Waals surface area contributed by atoms with E-state index in [1.54, 1.807) is 0 Å². The quantitative estimate of drug-likeness (QED) is 0.583. The van der Waals surface area contributed by atoms with E-state index in [0.717, 1.165) is 17.2 Å². The summed E-state index contributed by atoms with van der Waals surface area (Å²) in [6.07, 6.45) is 0. The monoisotopic (exact) mass is 399 g/mol. The van der Waals surface area contributed by atoms with Crippen LogP contribution >= 0.6 is 0 Å². The predicted octanol–water partition coefficient (Wildman–Crippen LogP) is 4.21. The van der Waals surface area contributed by atoms with Gasteiger partial charge in [0.2, 0.25) is 0 Å². The van der Waals surface area contributed by atoms with E-state index in [1.807, 2.05) is 91.0 Å². The van der Waals surface area contributed by atoms with Gasteiger partial charge < -0.3 is 0 Å². The fourth-order valence-electron chi connectivity index (χ4n) is 1.82. The van der Waals surface area contributed by atoms with Crippen LogP contribution in [0.5, 0.6) is 17.2 Å². The first-order valence-corrected chi connectivity index (χ1v) is 10.5. The first-order valence-electron chi connectivity index (χ1n) is 6.96. The van der Waals surface area contributed by atoms with Crippen molar-refractivity contribution in [3.63, 3.8) is 0 Å². The number of hydrogen-bond donors (Lipinski definition) is 0. The van der Waals surface area contributed by atoms with Gasteiger partial charge in [0.1, 0.15) is 0 Å². The Balaban J connectivity index is 1.75. The molecule has 0 aliphatic carbocycles. The maximum absolute atomic E-state index is 5.97. The molecule has 0 bridgehead atoms. The predicted molar refractivity (Wildman–Crippen MR) is 87.0 cm³/mol. The van der Waals surface area contributed by atoms with E-state index in [1.165, 1.54) is 0 Å². The summed E-state index contributed by atoms with van der Waals surface area (Å²) in [5.74, 6) is 2.30. The van der Waals surface area contributed by atoms with Gasteiger partial charge in [0, 0.05) is 0 Å². The van der Waals surface area contributed by atoms with Crippen molar-refractivity contribution >= 4 is 21.0 Å². The van der Waals surface area contributed by atoms with Crippen LogP contribution in [0.4, 0.5) is 0 Å². The molecule has 22 heavy (non-hydrogen) atoms. The number of rotatable bonds is 6. The van der Waals surface area contributed by atoms with Crippen LogP contribution in [0.3, 0.4) is 0 Å².